The van der Waals surface area contributed by atoms with Gasteiger partial charge in [0, 0.05) is 12.8 Å². The third-order valence-corrected chi connectivity index (χ3v) is 13.5. The van der Waals surface area contributed by atoms with Crippen LogP contribution in [0.2, 0.25) is 0 Å². The van der Waals surface area contributed by atoms with E-state index in [0.29, 0.717) is 17.4 Å². The van der Waals surface area contributed by atoms with Gasteiger partial charge < -0.3 is 33.3 Å². The van der Waals surface area contributed by atoms with E-state index in [1.54, 1.807) is 0 Å². The number of quaternary nitrogens is 1. The topological polar surface area (TPSA) is 111 Å². The summed E-state index contributed by atoms with van der Waals surface area (Å²) in [6.45, 7) is 4.71. The van der Waals surface area contributed by atoms with Gasteiger partial charge in [0.2, 0.25) is 0 Å². The average molecular weight is 1030 g/mol. The maximum atomic E-state index is 12.8. The fourth-order valence-electron chi connectivity index (χ4n) is 8.76. The van der Waals surface area contributed by atoms with Crippen LogP contribution in [0.3, 0.4) is 0 Å². The first-order chi connectivity index (χ1) is 35.6. The normalized spacial score (nSPS) is 13.1. The summed E-state index contributed by atoms with van der Waals surface area (Å²) in [6.07, 6.45) is 66.3. The Hall–Kier alpha value is -2.75. The van der Waals surface area contributed by atoms with Crippen molar-refractivity contribution in [1.82, 2.24) is 0 Å². The molecular formula is C64H117NO8. The molecule has 0 radical (unpaired) electrons. The van der Waals surface area contributed by atoms with Crippen molar-refractivity contribution in [1.29, 1.82) is 0 Å². The second-order valence-corrected chi connectivity index (χ2v) is 22.0. The quantitative estimate of drug-likeness (QED) is 0.0195. The van der Waals surface area contributed by atoms with Crippen LogP contribution in [0.25, 0.3) is 0 Å². The molecule has 0 heterocycles. The van der Waals surface area contributed by atoms with Crippen LogP contribution in [0.4, 0.5) is 0 Å². The van der Waals surface area contributed by atoms with Crippen LogP contribution in [-0.2, 0) is 33.3 Å². The Morgan fingerprint density at radius 3 is 1.15 bits per heavy atom. The Labute approximate surface area is 451 Å². The molecule has 0 saturated heterocycles. The summed E-state index contributed by atoms with van der Waals surface area (Å²) < 4.78 is 22.6. The molecule has 0 aromatic heterocycles. The monoisotopic (exact) mass is 1030 g/mol. The van der Waals surface area contributed by atoms with Gasteiger partial charge in [0.15, 0.2) is 12.4 Å². The van der Waals surface area contributed by atoms with Gasteiger partial charge in [-0.05, 0) is 70.6 Å². The highest BCUT2D eigenvalue weighted by Crippen LogP contribution is 2.17. The second-order valence-electron chi connectivity index (χ2n) is 22.0. The molecule has 73 heavy (non-hydrogen) atoms. The molecule has 9 heteroatoms. The van der Waals surface area contributed by atoms with Gasteiger partial charge in [-0.15, -0.1) is 0 Å². The number of hydrogen-bond acceptors (Lipinski definition) is 8. The van der Waals surface area contributed by atoms with Crippen LogP contribution in [-0.4, -0.2) is 82.3 Å². The first kappa shape index (κ1) is 70.2. The predicted octanol–water partition coefficient (Wildman–Crippen LogP) is 16.9. The number of rotatable bonds is 57. The van der Waals surface area contributed by atoms with Crippen molar-refractivity contribution in [3.05, 3.63) is 48.6 Å². The zero-order chi connectivity index (χ0) is 53.4. The molecule has 0 aliphatic carbocycles. The summed E-state index contributed by atoms with van der Waals surface area (Å²) in [7, 11) is 5.92. The van der Waals surface area contributed by atoms with Gasteiger partial charge in [-0.3, -0.25) is 9.59 Å². The van der Waals surface area contributed by atoms with Crippen molar-refractivity contribution < 1.29 is 42.9 Å². The number of carboxylic acid groups (broad SMARTS) is 1. The lowest BCUT2D eigenvalue weighted by Gasteiger charge is -2.26. The van der Waals surface area contributed by atoms with Crippen LogP contribution in [0.1, 0.15) is 284 Å². The number of ether oxygens (including phenoxy) is 4. The Balaban J connectivity index is 3.95. The Morgan fingerprint density at radius 1 is 0.411 bits per heavy atom. The lowest BCUT2D eigenvalue weighted by atomic mass is 10.0. The average Bonchev–Trinajstić information content (AvgIpc) is 3.36. The van der Waals surface area contributed by atoms with Gasteiger partial charge in [-0.25, -0.2) is 0 Å². The molecule has 0 spiro atoms. The molecule has 0 aromatic carbocycles. The van der Waals surface area contributed by atoms with Gasteiger partial charge in [-0.2, -0.15) is 0 Å². The number of allylic oxidation sites excluding steroid dienone is 8. The Morgan fingerprint density at radius 2 is 0.753 bits per heavy atom. The van der Waals surface area contributed by atoms with E-state index in [-0.39, 0.29) is 38.6 Å². The van der Waals surface area contributed by atoms with E-state index < -0.39 is 24.3 Å². The summed E-state index contributed by atoms with van der Waals surface area (Å²) in [6, 6.07) is 0. The molecule has 9 nitrogen and oxygen atoms in total. The van der Waals surface area contributed by atoms with Crippen LogP contribution in [0.5, 0.6) is 0 Å². The number of carbonyl (C=O) groups excluding carboxylic acids is 3. The first-order valence-electron chi connectivity index (χ1n) is 30.8. The summed E-state index contributed by atoms with van der Waals surface area (Å²) in [4.78, 5) is 37.1. The maximum Gasteiger partial charge on any atom is 0.306 e. The highest BCUT2D eigenvalue weighted by atomic mass is 16.7. The van der Waals surface area contributed by atoms with E-state index in [2.05, 4.69) is 62.5 Å². The minimum atomic E-state index is -1.62. The van der Waals surface area contributed by atoms with E-state index in [0.717, 1.165) is 70.6 Å². The molecule has 0 aliphatic heterocycles. The largest absolute Gasteiger partial charge is 0.545 e. The van der Waals surface area contributed by atoms with Gasteiger partial charge >= 0.3 is 11.9 Å². The number of carbonyl (C=O) groups is 3. The molecule has 2 atom stereocenters. The van der Waals surface area contributed by atoms with Gasteiger partial charge in [-0.1, -0.05) is 249 Å². The molecule has 0 rings (SSSR count). The molecule has 0 aliphatic rings. The zero-order valence-corrected chi connectivity index (χ0v) is 48.5. The lowest BCUT2D eigenvalue weighted by molar-refractivity contribution is -0.870. The molecule has 0 saturated carbocycles. The number of unbranched alkanes of at least 4 members (excludes halogenated alkanes) is 34. The van der Waals surface area contributed by atoms with Crippen molar-refractivity contribution in [2.24, 2.45) is 0 Å². The molecule has 426 valence electrons. The molecule has 0 aromatic rings. The summed E-state index contributed by atoms with van der Waals surface area (Å²) >= 11 is 0. The van der Waals surface area contributed by atoms with Crippen LogP contribution in [0, 0.1) is 0 Å². The second kappa shape index (κ2) is 55.5. The third kappa shape index (κ3) is 56.8. The zero-order valence-electron chi connectivity index (χ0n) is 48.5. The Kier molecular flexibility index (Phi) is 53.4. The number of esters is 2. The number of nitrogens with zero attached hydrogens (tertiary/aromatic N) is 1. The molecule has 0 bridgehead atoms. The van der Waals surface area contributed by atoms with Crippen molar-refractivity contribution >= 4 is 17.9 Å². The van der Waals surface area contributed by atoms with E-state index in [9.17, 15) is 19.5 Å². The highest BCUT2D eigenvalue weighted by molar-refractivity contribution is 5.70. The standard InChI is InChI=1S/C64H117NO8/c1-6-8-10-12-14-16-18-19-20-21-22-23-24-25-26-27-28-29-30-31-32-33-34-35-36-37-38-39-40-41-42-43-45-47-49-51-53-55-62(67)73-60(59-72-64(63(68)69)70-57-56-65(3,4)5)58-71-61(66)54-52-50-48-46-44-17-15-13-11-9-7-2/h13,15,18-19,21-22,24-25,60,64H,6-12,14,16-17,20,23,26-59H2,1-5H3/b15-13-,19-18-,22-21-,25-24-. The van der Waals surface area contributed by atoms with Crippen molar-refractivity contribution in [2.45, 2.75) is 296 Å². The molecule has 0 N–H and O–H groups in total. The number of carboxylic acids is 1. The fourth-order valence-corrected chi connectivity index (χ4v) is 8.76. The van der Waals surface area contributed by atoms with Crippen LogP contribution >= 0.6 is 0 Å². The van der Waals surface area contributed by atoms with E-state index in [1.165, 1.54) is 180 Å². The van der Waals surface area contributed by atoms with Crippen molar-refractivity contribution in [3.63, 3.8) is 0 Å². The third-order valence-electron chi connectivity index (χ3n) is 13.5. The molecule has 2 unspecified atom stereocenters. The van der Waals surface area contributed by atoms with Crippen LogP contribution < -0.4 is 5.11 Å². The van der Waals surface area contributed by atoms with Crippen LogP contribution in [0.15, 0.2) is 48.6 Å². The van der Waals surface area contributed by atoms with Crippen molar-refractivity contribution in [3.8, 4) is 0 Å². The van der Waals surface area contributed by atoms with Gasteiger partial charge in [0.05, 0.1) is 40.3 Å². The number of likely N-dealkylation sites (N-methyl/N-ethyl adjacent to an activating group) is 1. The SMILES string of the molecule is CCCC/C=C\CCCCCCCC(=O)OCC(COC(OCC[N+](C)(C)C)C(=O)[O-])OC(=O)CCCCCCCCCCCCCCCCCCCCCCCC/C=C\C/C=C\C/C=C\CCCCCCC. The van der Waals surface area contributed by atoms with E-state index >= 15 is 0 Å². The summed E-state index contributed by atoms with van der Waals surface area (Å²) in [5.41, 5.74) is 0. The molecule has 0 fully saturated rings. The summed E-state index contributed by atoms with van der Waals surface area (Å²) in [5, 5.41) is 11.7. The van der Waals surface area contributed by atoms with Gasteiger partial charge in [0.25, 0.3) is 0 Å². The van der Waals surface area contributed by atoms with E-state index in [4.69, 9.17) is 18.9 Å². The minimum absolute atomic E-state index is 0.148. The highest BCUT2D eigenvalue weighted by Gasteiger charge is 2.22. The smallest absolute Gasteiger partial charge is 0.306 e. The fraction of sp³-hybridized carbons (Fsp3) is 0.828. The molecular weight excluding hydrogens is 911 g/mol. The molecule has 0 amide bonds. The number of aliphatic carboxylic acids is 1. The van der Waals surface area contributed by atoms with Gasteiger partial charge in [0.1, 0.15) is 13.2 Å². The van der Waals surface area contributed by atoms with Crippen molar-refractivity contribution in [2.75, 3.05) is 47.5 Å². The summed E-state index contributed by atoms with van der Waals surface area (Å²) in [5.74, 6) is -2.28. The number of hydrogen-bond donors (Lipinski definition) is 0. The minimum Gasteiger partial charge on any atom is -0.545 e. The predicted molar refractivity (Wildman–Crippen MR) is 306 cm³/mol. The van der Waals surface area contributed by atoms with E-state index in [1.807, 2.05) is 21.1 Å². The maximum absolute atomic E-state index is 12.8. The Bertz CT molecular complexity index is 1340. The first-order valence-corrected chi connectivity index (χ1v) is 30.8. The lowest BCUT2D eigenvalue weighted by Crippen LogP contribution is -2.44.